The number of halogens is 1. The molecule has 0 heterocycles. The highest BCUT2D eigenvalue weighted by atomic mass is 127. The average molecular weight is 369 g/mol. The van der Waals surface area contributed by atoms with Gasteiger partial charge in [-0.2, -0.15) is 0 Å². The average Bonchev–Trinajstić information content (AvgIpc) is 2.37. The van der Waals surface area contributed by atoms with Crippen molar-refractivity contribution in [3.63, 3.8) is 0 Å². The summed E-state index contributed by atoms with van der Waals surface area (Å²) in [7, 11) is 0. The first-order valence-corrected chi connectivity index (χ1v) is 7.15. The molecule has 0 spiro atoms. The van der Waals surface area contributed by atoms with E-state index in [-0.39, 0.29) is 17.5 Å². The summed E-state index contributed by atoms with van der Waals surface area (Å²) < 4.78 is 1.21. The molecule has 0 radical (unpaired) electrons. The number of hydrogen-bond acceptors (Lipinski definition) is 3. The van der Waals surface area contributed by atoms with Crippen LogP contribution in [0.4, 0.5) is 5.69 Å². The molecule has 0 aliphatic carbocycles. The van der Waals surface area contributed by atoms with Crippen LogP contribution < -0.4 is 5.32 Å². The van der Waals surface area contributed by atoms with Gasteiger partial charge in [0.2, 0.25) is 0 Å². The topological polar surface area (TPSA) is 52.5 Å². The molecule has 100 valence electrons. The first kappa shape index (κ1) is 14.0. The fourth-order valence-corrected chi connectivity index (χ4v) is 2.29. The molecule has 1 unspecified atom stereocenters. The van der Waals surface area contributed by atoms with Crippen molar-refractivity contribution in [2.45, 2.75) is 19.4 Å². The number of phenolic OH excluding ortho intramolecular Hbond substituents is 2. The molecule has 0 fully saturated rings. The summed E-state index contributed by atoms with van der Waals surface area (Å²) in [5.41, 5.74) is 2.07. The van der Waals surface area contributed by atoms with Crippen molar-refractivity contribution in [1.82, 2.24) is 0 Å². The van der Waals surface area contributed by atoms with E-state index >= 15 is 0 Å². The van der Waals surface area contributed by atoms with E-state index in [0.29, 0.717) is 0 Å². The van der Waals surface area contributed by atoms with Crippen LogP contribution in [0.25, 0.3) is 0 Å². The maximum absolute atomic E-state index is 9.46. The van der Waals surface area contributed by atoms with E-state index in [0.717, 1.165) is 17.7 Å². The van der Waals surface area contributed by atoms with E-state index in [1.54, 1.807) is 6.07 Å². The molecular weight excluding hydrogens is 353 g/mol. The highest BCUT2D eigenvalue weighted by molar-refractivity contribution is 14.1. The van der Waals surface area contributed by atoms with Crippen LogP contribution in [0.15, 0.2) is 42.5 Å². The third kappa shape index (κ3) is 4.02. The van der Waals surface area contributed by atoms with Gasteiger partial charge in [0.25, 0.3) is 0 Å². The van der Waals surface area contributed by atoms with Crippen LogP contribution >= 0.6 is 22.6 Å². The van der Waals surface area contributed by atoms with Crippen molar-refractivity contribution in [3.05, 3.63) is 51.6 Å². The van der Waals surface area contributed by atoms with E-state index in [1.165, 1.54) is 9.64 Å². The summed E-state index contributed by atoms with van der Waals surface area (Å²) in [6, 6.07) is 13.4. The Balaban J connectivity index is 1.98. The van der Waals surface area contributed by atoms with Gasteiger partial charge in [-0.15, -0.1) is 0 Å². The molecule has 19 heavy (non-hydrogen) atoms. The number of hydrogen-bond donors (Lipinski definition) is 3. The summed E-state index contributed by atoms with van der Waals surface area (Å²) in [6.07, 6.45) is 0.778. The summed E-state index contributed by atoms with van der Waals surface area (Å²) in [6.45, 7) is 2.09. The van der Waals surface area contributed by atoms with Gasteiger partial charge in [-0.1, -0.05) is 6.07 Å². The van der Waals surface area contributed by atoms with Gasteiger partial charge >= 0.3 is 0 Å². The van der Waals surface area contributed by atoms with Gasteiger partial charge in [-0.25, -0.2) is 0 Å². The van der Waals surface area contributed by atoms with Crippen LogP contribution in [-0.4, -0.2) is 16.3 Å². The van der Waals surface area contributed by atoms with Gasteiger partial charge in [0, 0.05) is 15.3 Å². The Morgan fingerprint density at radius 3 is 2.37 bits per heavy atom. The number of anilines is 1. The number of aromatic hydroxyl groups is 2. The Bertz CT molecular complexity index is 555. The van der Waals surface area contributed by atoms with Crippen molar-refractivity contribution in [3.8, 4) is 11.5 Å². The van der Waals surface area contributed by atoms with Gasteiger partial charge < -0.3 is 15.5 Å². The van der Waals surface area contributed by atoms with Crippen molar-refractivity contribution >= 4 is 28.3 Å². The Morgan fingerprint density at radius 2 is 1.74 bits per heavy atom. The lowest BCUT2D eigenvalue weighted by Gasteiger charge is -2.15. The molecule has 2 aromatic carbocycles. The van der Waals surface area contributed by atoms with Crippen LogP contribution in [0.2, 0.25) is 0 Å². The Labute approximate surface area is 126 Å². The zero-order valence-corrected chi connectivity index (χ0v) is 12.8. The van der Waals surface area contributed by atoms with Gasteiger partial charge in [-0.05, 0) is 77.9 Å². The first-order valence-electron chi connectivity index (χ1n) is 6.07. The molecule has 2 rings (SSSR count). The predicted octanol–water partition coefficient (Wildman–Crippen LogP) is 3.75. The van der Waals surface area contributed by atoms with Gasteiger partial charge in [0.05, 0.1) is 0 Å². The third-order valence-corrected chi connectivity index (χ3v) is 3.56. The van der Waals surface area contributed by atoms with E-state index in [4.69, 9.17) is 0 Å². The standard InChI is InChI=1S/C15H16INO2/c1-10(17-13-5-3-12(16)4-6-13)8-11-2-7-14(18)15(19)9-11/h2-7,9-10,17-19H,8H2,1H3. The zero-order valence-electron chi connectivity index (χ0n) is 10.6. The summed E-state index contributed by atoms with van der Waals surface area (Å²) >= 11 is 2.28. The van der Waals surface area contributed by atoms with E-state index in [2.05, 4.69) is 47.0 Å². The maximum atomic E-state index is 9.46. The SMILES string of the molecule is CC(Cc1ccc(O)c(O)c1)Nc1ccc(I)cc1. The predicted molar refractivity (Wildman–Crippen MR) is 85.7 cm³/mol. The molecule has 0 amide bonds. The maximum Gasteiger partial charge on any atom is 0.157 e. The van der Waals surface area contributed by atoms with E-state index in [1.807, 2.05) is 18.2 Å². The molecule has 0 aromatic heterocycles. The van der Waals surface area contributed by atoms with Gasteiger partial charge in [0.15, 0.2) is 11.5 Å². The molecule has 0 saturated heterocycles. The summed E-state index contributed by atoms with van der Waals surface area (Å²) in [4.78, 5) is 0. The fourth-order valence-electron chi connectivity index (χ4n) is 1.93. The molecule has 3 N–H and O–H groups in total. The van der Waals surface area contributed by atoms with Gasteiger partial charge in [0.1, 0.15) is 0 Å². The summed E-state index contributed by atoms with van der Waals surface area (Å²) in [5.74, 6) is -0.152. The molecule has 0 saturated carbocycles. The number of phenols is 2. The largest absolute Gasteiger partial charge is 0.504 e. The number of benzene rings is 2. The lowest BCUT2D eigenvalue weighted by atomic mass is 10.1. The van der Waals surface area contributed by atoms with Crippen LogP contribution in [0, 0.1) is 3.57 Å². The first-order chi connectivity index (χ1) is 9.04. The zero-order chi connectivity index (χ0) is 13.8. The second-order valence-corrected chi connectivity index (χ2v) is 5.83. The second kappa shape index (κ2) is 6.14. The Kier molecular flexibility index (Phi) is 4.52. The van der Waals surface area contributed by atoms with E-state index < -0.39 is 0 Å². The third-order valence-electron chi connectivity index (χ3n) is 2.84. The highest BCUT2D eigenvalue weighted by Crippen LogP contribution is 2.25. The Hall–Kier alpha value is -1.43. The normalized spacial score (nSPS) is 12.1. The molecule has 0 aliphatic heterocycles. The molecule has 1 atom stereocenters. The molecule has 4 heteroatoms. The van der Waals surface area contributed by atoms with Crippen LogP contribution in [0.1, 0.15) is 12.5 Å². The minimum atomic E-state index is -0.0815. The lowest BCUT2D eigenvalue weighted by Crippen LogP contribution is -2.17. The lowest BCUT2D eigenvalue weighted by molar-refractivity contribution is 0.403. The molecule has 0 bridgehead atoms. The van der Waals surface area contributed by atoms with Crippen LogP contribution in [0.3, 0.4) is 0 Å². The van der Waals surface area contributed by atoms with Crippen LogP contribution in [0.5, 0.6) is 11.5 Å². The van der Waals surface area contributed by atoms with Crippen molar-refractivity contribution in [1.29, 1.82) is 0 Å². The highest BCUT2D eigenvalue weighted by Gasteiger charge is 2.06. The van der Waals surface area contributed by atoms with Gasteiger partial charge in [-0.3, -0.25) is 0 Å². The Morgan fingerprint density at radius 1 is 1.05 bits per heavy atom. The fraction of sp³-hybridized carbons (Fsp3) is 0.200. The summed E-state index contributed by atoms with van der Waals surface area (Å²) in [5, 5.41) is 22.1. The monoisotopic (exact) mass is 369 g/mol. The molecule has 2 aromatic rings. The molecule has 0 aliphatic rings. The van der Waals surface area contributed by atoms with Crippen molar-refractivity contribution in [2.75, 3.05) is 5.32 Å². The van der Waals surface area contributed by atoms with E-state index in [9.17, 15) is 10.2 Å². The molecular formula is C15H16INO2. The number of rotatable bonds is 4. The second-order valence-electron chi connectivity index (χ2n) is 4.58. The van der Waals surface area contributed by atoms with Crippen LogP contribution in [-0.2, 0) is 6.42 Å². The minimum absolute atomic E-state index is 0.0704. The van der Waals surface area contributed by atoms with Crippen molar-refractivity contribution < 1.29 is 10.2 Å². The number of nitrogens with one attached hydrogen (secondary N) is 1. The smallest absolute Gasteiger partial charge is 0.157 e. The minimum Gasteiger partial charge on any atom is -0.504 e. The quantitative estimate of drug-likeness (QED) is 0.569. The van der Waals surface area contributed by atoms with Crippen molar-refractivity contribution in [2.24, 2.45) is 0 Å². The molecule has 3 nitrogen and oxygen atoms in total.